The zero-order valence-corrected chi connectivity index (χ0v) is 13.7. The van der Waals surface area contributed by atoms with E-state index in [0.29, 0.717) is 23.8 Å². The Morgan fingerprint density at radius 1 is 1.08 bits per heavy atom. The molecule has 1 aliphatic heterocycles. The highest BCUT2D eigenvalue weighted by atomic mass is 16.5. The molecule has 1 fully saturated rings. The summed E-state index contributed by atoms with van der Waals surface area (Å²) in [4.78, 5) is 23.2. The van der Waals surface area contributed by atoms with Gasteiger partial charge < -0.3 is 9.42 Å². The van der Waals surface area contributed by atoms with Crippen molar-refractivity contribution in [3.05, 3.63) is 66.3 Å². The van der Waals surface area contributed by atoms with Gasteiger partial charge in [0.1, 0.15) is 6.04 Å². The van der Waals surface area contributed by atoms with Gasteiger partial charge in [-0.15, -0.1) is 0 Å². The van der Waals surface area contributed by atoms with E-state index in [1.165, 1.54) is 0 Å². The molecule has 4 rings (SSSR count). The predicted octanol–water partition coefficient (Wildman–Crippen LogP) is 3.50. The Hall–Kier alpha value is -3.02. The quantitative estimate of drug-likeness (QED) is 0.733. The van der Waals surface area contributed by atoms with Crippen LogP contribution in [-0.4, -0.2) is 32.5 Å². The molecule has 0 spiro atoms. The van der Waals surface area contributed by atoms with Gasteiger partial charge in [-0.3, -0.25) is 9.78 Å². The molecule has 0 saturated carbocycles. The van der Waals surface area contributed by atoms with E-state index in [1.54, 1.807) is 24.5 Å². The highest BCUT2D eigenvalue weighted by molar-refractivity contribution is 5.94. The van der Waals surface area contributed by atoms with Gasteiger partial charge in [0.2, 0.25) is 11.7 Å². The second kappa shape index (κ2) is 6.84. The Kier molecular flexibility index (Phi) is 4.24. The molecule has 6 heteroatoms. The highest BCUT2D eigenvalue weighted by Crippen LogP contribution is 2.32. The topological polar surface area (TPSA) is 72.1 Å². The number of carbonyl (C=O) groups excluding carboxylic acids is 1. The first-order valence-electron chi connectivity index (χ1n) is 8.43. The molecule has 3 aromatic rings. The molecule has 3 heterocycles. The minimum absolute atomic E-state index is 0.0217. The second-order valence-electron chi connectivity index (χ2n) is 6.07. The first-order chi connectivity index (χ1) is 12.3. The number of hydrogen-bond acceptors (Lipinski definition) is 5. The van der Waals surface area contributed by atoms with Crippen molar-refractivity contribution in [3.63, 3.8) is 0 Å². The van der Waals surface area contributed by atoms with Crippen LogP contribution >= 0.6 is 0 Å². The molecule has 0 radical (unpaired) electrons. The number of aromatic nitrogens is 3. The number of pyridine rings is 1. The average Bonchev–Trinajstić information content (AvgIpc) is 3.19. The number of amides is 1. The summed E-state index contributed by atoms with van der Waals surface area (Å²) < 4.78 is 5.51. The second-order valence-corrected chi connectivity index (χ2v) is 6.07. The van der Waals surface area contributed by atoms with Crippen LogP contribution in [0.4, 0.5) is 0 Å². The highest BCUT2D eigenvalue weighted by Gasteiger charge is 2.32. The normalized spacial score (nSPS) is 17.4. The third-order valence-corrected chi connectivity index (χ3v) is 4.45. The summed E-state index contributed by atoms with van der Waals surface area (Å²) in [6, 6.07) is 13.0. The fourth-order valence-electron chi connectivity index (χ4n) is 3.17. The molecule has 0 bridgehead atoms. The maximum absolute atomic E-state index is 12.9. The molecule has 0 aliphatic carbocycles. The Morgan fingerprint density at radius 3 is 2.68 bits per heavy atom. The summed E-state index contributed by atoms with van der Waals surface area (Å²) in [5.74, 6) is 1.03. The van der Waals surface area contributed by atoms with Gasteiger partial charge in [0.15, 0.2) is 0 Å². The largest absolute Gasteiger partial charge is 0.337 e. The molecule has 1 saturated heterocycles. The molecule has 1 amide bonds. The van der Waals surface area contributed by atoms with E-state index in [2.05, 4.69) is 15.1 Å². The van der Waals surface area contributed by atoms with Gasteiger partial charge in [0.05, 0.1) is 0 Å². The summed E-state index contributed by atoms with van der Waals surface area (Å²) in [7, 11) is 0. The van der Waals surface area contributed by atoms with Crippen molar-refractivity contribution in [2.24, 2.45) is 0 Å². The number of benzene rings is 1. The van der Waals surface area contributed by atoms with Gasteiger partial charge in [0, 0.05) is 30.1 Å². The van der Waals surface area contributed by atoms with Crippen molar-refractivity contribution < 1.29 is 9.32 Å². The summed E-state index contributed by atoms with van der Waals surface area (Å²) in [5, 5.41) is 4.09. The zero-order valence-electron chi connectivity index (χ0n) is 13.7. The van der Waals surface area contributed by atoms with Crippen molar-refractivity contribution in [1.82, 2.24) is 20.0 Å². The van der Waals surface area contributed by atoms with Gasteiger partial charge in [-0.1, -0.05) is 35.5 Å². The number of nitrogens with zero attached hydrogens (tertiary/aromatic N) is 4. The smallest absolute Gasteiger partial charge is 0.254 e. The lowest BCUT2D eigenvalue weighted by Gasteiger charge is -2.33. The molecule has 0 N–H and O–H groups in total. The fraction of sp³-hybridized carbons (Fsp3) is 0.263. The molecule has 25 heavy (non-hydrogen) atoms. The summed E-state index contributed by atoms with van der Waals surface area (Å²) in [6.07, 6.45) is 6.10. The lowest BCUT2D eigenvalue weighted by Crippen LogP contribution is -2.38. The van der Waals surface area contributed by atoms with Crippen molar-refractivity contribution >= 4 is 5.91 Å². The maximum Gasteiger partial charge on any atom is 0.254 e. The number of carbonyl (C=O) groups is 1. The van der Waals surface area contributed by atoms with Crippen LogP contribution in [0.5, 0.6) is 0 Å². The van der Waals surface area contributed by atoms with Crippen LogP contribution in [0.15, 0.2) is 59.4 Å². The van der Waals surface area contributed by atoms with Crippen molar-refractivity contribution in [2.75, 3.05) is 6.54 Å². The Labute approximate surface area is 145 Å². The van der Waals surface area contributed by atoms with E-state index in [-0.39, 0.29) is 11.9 Å². The van der Waals surface area contributed by atoms with Crippen LogP contribution in [0.3, 0.4) is 0 Å². The Morgan fingerprint density at radius 2 is 1.88 bits per heavy atom. The van der Waals surface area contributed by atoms with Crippen LogP contribution < -0.4 is 0 Å². The molecule has 2 aromatic heterocycles. The third-order valence-electron chi connectivity index (χ3n) is 4.45. The standard InChI is InChI=1S/C19H18N4O2/c24-19(15-9-11-20-12-10-15)23-13-5-4-8-16(23)18-21-17(22-25-18)14-6-2-1-3-7-14/h1-3,6-7,9-12,16H,4-5,8,13H2/t16-/m1/s1. The summed E-state index contributed by atoms with van der Waals surface area (Å²) in [6.45, 7) is 0.689. The molecule has 1 aliphatic rings. The van der Waals surface area contributed by atoms with Crippen LogP contribution in [0.2, 0.25) is 0 Å². The van der Waals surface area contributed by atoms with Crippen molar-refractivity contribution in [1.29, 1.82) is 0 Å². The van der Waals surface area contributed by atoms with Crippen molar-refractivity contribution in [3.8, 4) is 11.4 Å². The van der Waals surface area contributed by atoms with Crippen LogP contribution in [0.1, 0.15) is 41.6 Å². The van der Waals surface area contributed by atoms with Gasteiger partial charge in [0.25, 0.3) is 5.91 Å². The molecular weight excluding hydrogens is 316 g/mol. The van der Waals surface area contributed by atoms with Gasteiger partial charge in [-0.2, -0.15) is 4.98 Å². The van der Waals surface area contributed by atoms with E-state index >= 15 is 0 Å². The third kappa shape index (κ3) is 3.15. The lowest BCUT2D eigenvalue weighted by atomic mass is 10.0. The number of rotatable bonds is 3. The van der Waals surface area contributed by atoms with Crippen LogP contribution in [0, 0.1) is 0 Å². The average molecular weight is 334 g/mol. The van der Waals surface area contributed by atoms with Crippen LogP contribution in [-0.2, 0) is 0 Å². The Balaban J connectivity index is 1.62. The first kappa shape index (κ1) is 15.5. The number of likely N-dealkylation sites (tertiary alicyclic amines) is 1. The van der Waals surface area contributed by atoms with Gasteiger partial charge in [-0.25, -0.2) is 0 Å². The van der Waals surface area contributed by atoms with E-state index < -0.39 is 0 Å². The van der Waals surface area contributed by atoms with Crippen LogP contribution in [0.25, 0.3) is 11.4 Å². The predicted molar refractivity (Wildman–Crippen MR) is 91.6 cm³/mol. The fourth-order valence-corrected chi connectivity index (χ4v) is 3.17. The van der Waals surface area contributed by atoms with Gasteiger partial charge in [-0.05, 0) is 31.4 Å². The SMILES string of the molecule is O=C(c1ccncc1)N1CCCC[C@@H]1c1nc(-c2ccccc2)no1. The zero-order chi connectivity index (χ0) is 17.1. The monoisotopic (exact) mass is 334 g/mol. The molecule has 0 unspecified atom stereocenters. The summed E-state index contributed by atoms with van der Waals surface area (Å²) in [5.41, 5.74) is 1.53. The van der Waals surface area contributed by atoms with E-state index in [0.717, 1.165) is 24.8 Å². The van der Waals surface area contributed by atoms with E-state index in [1.807, 2.05) is 35.2 Å². The number of hydrogen-bond donors (Lipinski definition) is 0. The Bertz CT molecular complexity index is 848. The van der Waals surface area contributed by atoms with Gasteiger partial charge >= 0.3 is 0 Å². The lowest BCUT2D eigenvalue weighted by molar-refractivity contribution is 0.0561. The van der Waals surface area contributed by atoms with Crippen molar-refractivity contribution in [2.45, 2.75) is 25.3 Å². The number of piperidine rings is 1. The summed E-state index contributed by atoms with van der Waals surface area (Å²) >= 11 is 0. The first-order valence-corrected chi connectivity index (χ1v) is 8.43. The minimum Gasteiger partial charge on any atom is -0.337 e. The maximum atomic E-state index is 12.9. The molecule has 6 nitrogen and oxygen atoms in total. The van der Waals surface area contributed by atoms with E-state index in [9.17, 15) is 4.79 Å². The van der Waals surface area contributed by atoms with E-state index in [4.69, 9.17) is 4.52 Å². The molecule has 126 valence electrons. The molecule has 1 aromatic carbocycles. The molecule has 1 atom stereocenters. The minimum atomic E-state index is -0.181. The molecular formula is C19H18N4O2.